The molecule has 0 spiro atoms. The van der Waals surface area contributed by atoms with Crippen molar-refractivity contribution in [3.8, 4) is 0 Å². The number of carbonyl (C=O) groups is 2. The lowest BCUT2D eigenvalue weighted by Gasteiger charge is -2.35. The minimum Gasteiger partial charge on any atom is -0.335 e. The van der Waals surface area contributed by atoms with Gasteiger partial charge in [-0.3, -0.25) is 9.69 Å². The third-order valence-electron chi connectivity index (χ3n) is 5.65. The number of halogens is 1. The number of nitrogens with zero attached hydrogens (tertiary/aromatic N) is 2. The molecule has 2 aromatic carbocycles. The first-order valence-electron chi connectivity index (χ1n) is 10.0. The number of amides is 3. The molecule has 2 fully saturated rings. The Kier molecular flexibility index (Phi) is 5.76. The molecule has 0 aliphatic carbocycles. The molecule has 2 aliphatic rings. The molecular weight excluding hydrogens is 371 g/mol. The van der Waals surface area contributed by atoms with E-state index in [1.165, 1.54) is 12.1 Å². The molecule has 2 aromatic rings. The van der Waals surface area contributed by atoms with Gasteiger partial charge in [0.2, 0.25) is 5.91 Å². The van der Waals surface area contributed by atoms with Crippen molar-refractivity contribution in [3.63, 3.8) is 0 Å². The van der Waals surface area contributed by atoms with Crippen LogP contribution in [0.4, 0.5) is 20.6 Å². The van der Waals surface area contributed by atoms with Crippen LogP contribution in [0, 0.1) is 5.82 Å². The van der Waals surface area contributed by atoms with Gasteiger partial charge in [-0.25, -0.2) is 9.18 Å². The van der Waals surface area contributed by atoms with Gasteiger partial charge in [0.05, 0.1) is 6.04 Å². The molecule has 4 rings (SSSR count). The van der Waals surface area contributed by atoms with Gasteiger partial charge in [0.15, 0.2) is 0 Å². The van der Waals surface area contributed by atoms with Crippen molar-refractivity contribution in [2.45, 2.75) is 31.3 Å². The molecule has 7 heteroatoms. The van der Waals surface area contributed by atoms with Gasteiger partial charge in [0, 0.05) is 37.1 Å². The van der Waals surface area contributed by atoms with Gasteiger partial charge in [0.25, 0.3) is 0 Å². The fourth-order valence-corrected chi connectivity index (χ4v) is 4.11. The number of piperidine rings is 1. The number of hydrogen-bond donors (Lipinski definition) is 2. The Balaban J connectivity index is 1.27. The first kappa shape index (κ1) is 19.4. The van der Waals surface area contributed by atoms with Crippen LogP contribution in [0.15, 0.2) is 54.6 Å². The summed E-state index contributed by atoms with van der Waals surface area (Å²) in [5.41, 5.74) is 1.51. The monoisotopic (exact) mass is 396 g/mol. The minimum atomic E-state index is -0.303. The Morgan fingerprint density at radius 2 is 1.62 bits per heavy atom. The van der Waals surface area contributed by atoms with E-state index >= 15 is 0 Å². The quantitative estimate of drug-likeness (QED) is 0.834. The zero-order valence-electron chi connectivity index (χ0n) is 16.2. The normalized spacial score (nSPS) is 20.7. The summed E-state index contributed by atoms with van der Waals surface area (Å²) in [5, 5.41) is 5.86. The van der Waals surface area contributed by atoms with Crippen molar-refractivity contribution < 1.29 is 14.0 Å². The van der Waals surface area contributed by atoms with Crippen LogP contribution in [0.3, 0.4) is 0 Å². The Morgan fingerprint density at radius 3 is 2.31 bits per heavy atom. The molecule has 6 nitrogen and oxygen atoms in total. The van der Waals surface area contributed by atoms with Crippen molar-refractivity contribution in [2.75, 3.05) is 29.9 Å². The summed E-state index contributed by atoms with van der Waals surface area (Å²) in [6, 6.07) is 15.2. The number of para-hydroxylation sites is 1. The second-order valence-corrected chi connectivity index (χ2v) is 7.55. The molecule has 2 N–H and O–H groups in total. The van der Waals surface area contributed by atoms with Crippen LogP contribution in [-0.4, -0.2) is 48.6 Å². The van der Waals surface area contributed by atoms with E-state index in [0.717, 1.165) is 43.7 Å². The molecule has 0 bridgehead atoms. The average molecular weight is 396 g/mol. The molecule has 0 radical (unpaired) electrons. The standard InChI is InChI=1S/C22H25FN4O2/c23-16-6-8-19(9-7-16)27-15-12-20(21(27)28)26-13-10-18(11-14-26)25-22(29)24-17-4-2-1-3-5-17/h1-9,18,20H,10-15H2,(H2,24,25,29). The zero-order valence-corrected chi connectivity index (χ0v) is 16.2. The molecule has 0 aromatic heterocycles. The van der Waals surface area contributed by atoms with E-state index in [1.807, 2.05) is 30.3 Å². The SMILES string of the molecule is O=C(Nc1ccccc1)NC1CCN(C2CCN(c3ccc(F)cc3)C2=O)CC1. The lowest BCUT2D eigenvalue weighted by Crippen LogP contribution is -2.50. The predicted molar refractivity (Wildman–Crippen MR) is 110 cm³/mol. The maximum Gasteiger partial charge on any atom is 0.319 e. The molecule has 2 aliphatic heterocycles. The minimum absolute atomic E-state index is 0.0739. The smallest absolute Gasteiger partial charge is 0.319 e. The first-order valence-corrected chi connectivity index (χ1v) is 10.0. The van der Waals surface area contributed by atoms with Crippen LogP contribution >= 0.6 is 0 Å². The van der Waals surface area contributed by atoms with Gasteiger partial charge in [-0.05, 0) is 55.7 Å². The number of nitrogens with one attached hydrogen (secondary N) is 2. The van der Waals surface area contributed by atoms with E-state index in [-0.39, 0.29) is 29.8 Å². The van der Waals surface area contributed by atoms with Gasteiger partial charge < -0.3 is 15.5 Å². The van der Waals surface area contributed by atoms with Gasteiger partial charge in [-0.2, -0.15) is 0 Å². The Labute approximate surface area is 169 Å². The Morgan fingerprint density at radius 1 is 0.931 bits per heavy atom. The number of urea groups is 1. The highest BCUT2D eigenvalue weighted by Gasteiger charge is 2.38. The van der Waals surface area contributed by atoms with Gasteiger partial charge in [-0.15, -0.1) is 0 Å². The highest BCUT2D eigenvalue weighted by Crippen LogP contribution is 2.26. The van der Waals surface area contributed by atoms with Crippen molar-refractivity contribution in [3.05, 3.63) is 60.4 Å². The zero-order chi connectivity index (χ0) is 20.2. The van der Waals surface area contributed by atoms with E-state index in [4.69, 9.17) is 0 Å². The van der Waals surface area contributed by atoms with Gasteiger partial charge in [-0.1, -0.05) is 18.2 Å². The molecule has 2 heterocycles. The molecule has 0 saturated carbocycles. The maximum atomic E-state index is 13.1. The van der Waals surface area contributed by atoms with Gasteiger partial charge in [0.1, 0.15) is 5.82 Å². The first-order chi connectivity index (χ1) is 14.1. The second kappa shape index (κ2) is 8.61. The third kappa shape index (κ3) is 4.56. The number of carbonyl (C=O) groups excluding carboxylic acids is 2. The summed E-state index contributed by atoms with van der Waals surface area (Å²) in [5.74, 6) is -0.229. The summed E-state index contributed by atoms with van der Waals surface area (Å²) in [6.45, 7) is 2.18. The lowest BCUT2D eigenvalue weighted by atomic mass is 10.0. The Hall–Kier alpha value is -2.93. The number of benzene rings is 2. The maximum absolute atomic E-state index is 13.1. The molecule has 152 valence electrons. The topological polar surface area (TPSA) is 64.7 Å². The molecule has 3 amide bonds. The number of anilines is 2. The second-order valence-electron chi connectivity index (χ2n) is 7.55. The van der Waals surface area contributed by atoms with Crippen molar-refractivity contribution >= 4 is 23.3 Å². The largest absolute Gasteiger partial charge is 0.335 e. The van der Waals surface area contributed by atoms with Crippen molar-refractivity contribution in [1.82, 2.24) is 10.2 Å². The summed E-state index contributed by atoms with van der Waals surface area (Å²) in [6.07, 6.45) is 2.38. The molecular formula is C22H25FN4O2. The number of hydrogen-bond acceptors (Lipinski definition) is 3. The van der Waals surface area contributed by atoms with Crippen LogP contribution in [-0.2, 0) is 4.79 Å². The highest BCUT2D eigenvalue weighted by atomic mass is 19.1. The summed E-state index contributed by atoms with van der Waals surface area (Å²) in [7, 11) is 0. The van der Waals surface area contributed by atoms with E-state index < -0.39 is 0 Å². The average Bonchev–Trinajstić information content (AvgIpc) is 3.11. The number of rotatable bonds is 4. The highest BCUT2D eigenvalue weighted by molar-refractivity contribution is 5.99. The number of likely N-dealkylation sites (tertiary alicyclic amines) is 1. The molecule has 2 saturated heterocycles. The van der Waals surface area contributed by atoms with Crippen LogP contribution in [0.25, 0.3) is 0 Å². The molecule has 29 heavy (non-hydrogen) atoms. The Bertz CT molecular complexity index is 851. The fraction of sp³-hybridized carbons (Fsp3) is 0.364. The molecule has 1 unspecified atom stereocenters. The molecule has 1 atom stereocenters. The lowest BCUT2D eigenvalue weighted by molar-refractivity contribution is -0.122. The van der Waals surface area contributed by atoms with Crippen LogP contribution in [0.5, 0.6) is 0 Å². The van der Waals surface area contributed by atoms with Crippen LogP contribution in [0.2, 0.25) is 0 Å². The fourth-order valence-electron chi connectivity index (χ4n) is 4.11. The van der Waals surface area contributed by atoms with Crippen molar-refractivity contribution in [2.24, 2.45) is 0 Å². The van der Waals surface area contributed by atoms with Crippen molar-refractivity contribution in [1.29, 1.82) is 0 Å². The van der Waals surface area contributed by atoms with Gasteiger partial charge >= 0.3 is 6.03 Å². The van der Waals surface area contributed by atoms with Crippen LogP contribution in [0.1, 0.15) is 19.3 Å². The van der Waals surface area contributed by atoms with E-state index in [2.05, 4.69) is 15.5 Å². The van der Waals surface area contributed by atoms with Crippen LogP contribution < -0.4 is 15.5 Å². The summed E-state index contributed by atoms with van der Waals surface area (Å²) < 4.78 is 13.1. The summed E-state index contributed by atoms with van der Waals surface area (Å²) >= 11 is 0. The third-order valence-corrected chi connectivity index (χ3v) is 5.65. The van der Waals surface area contributed by atoms with E-state index in [1.54, 1.807) is 17.0 Å². The predicted octanol–water partition coefficient (Wildman–Crippen LogP) is 3.22. The van der Waals surface area contributed by atoms with E-state index in [0.29, 0.717) is 6.54 Å². The van der Waals surface area contributed by atoms with E-state index in [9.17, 15) is 14.0 Å². The summed E-state index contributed by atoms with van der Waals surface area (Å²) in [4.78, 5) is 29.0.